The number of aromatic nitrogens is 1. The highest BCUT2D eigenvalue weighted by Crippen LogP contribution is 2.33. The van der Waals surface area contributed by atoms with E-state index in [9.17, 15) is 10.1 Å². The van der Waals surface area contributed by atoms with Crippen LogP contribution in [0.15, 0.2) is 30.3 Å². The van der Waals surface area contributed by atoms with E-state index in [1.807, 2.05) is 0 Å². The molecule has 0 fully saturated rings. The van der Waals surface area contributed by atoms with Crippen molar-refractivity contribution in [3.05, 3.63) is 51.0 Å². The number of pyridine rings is 1. The van der Waals surface area contributed by atoms with E-state index in [4.69, 9.17) is 22.2 Å². The molecule has 0 bridgehead atoms. The number of ether oxygens (including phenoxy) is 1. The molecular weight excluding hydrogens is 284 g/mol. The molecule has 104 valence electrons. The Labute approximate surface area is 119 Å². The monoisotopic (exact) mass is 294 g/mol. The first-order valence-electron chi connectivity index (χ1n) is 5.57. The Kier molecular flexibility index (Phi) is 4.02. The van der Waals surface area contributed by atoms with Gasteiger partial charge in [0.1, 0.15) is 11.6 Å². The molecule has 0 amide bonds. The predicted molar refractivity (Wildman–Crippen MR) is 75.0 cm³/mol. The van der Waals surface area contributed by atoms with Crippen molar-refractivity contribution in [2.75, 3.05) is 5.43 Å². The maximum atomic E-state index is 11.0. The van der Waals surface area contributed by atoms with Crippen LogP contribution >= 0.6 is 11.6 Å². The minimum atomic E-state index is -0.581. The highest BCUT2D eigenvalue weighted by Gasteiger charge is 2.19. The zero-order valence-corrected chi connectivity index (χ0v) is 11.2. The van der Waals surface area contributed by atoms with Crippen LogP contribution in [-0.2, 0) is 0 Å². The van der Waals surface area contributed by atoms with Crippen molar-refractivity contribution in [2.45, 2.75) is 6.92 Å². The Balaban J connectivity index is 2.45. The molecule has 1 aromatic carbocycles. The Hall–Kier alpha value is -2.38. The largest absolute Gasteiger partial charge is 0.433 e. The van der Waals surface area contributed by atoms with Crippen molar-refractivity contribution >= 4 is 23.1 Å². The molecule has 7 nitrogen and oxygen atoms in total. The average molecular weight is 295 g/mol. The van der Waals surface area contributed by atoms with Crippen LogP contribution < -0.4 is 16.0 Å². The van der Waals surface area contributed by atoms with E-state index in [0.717, 1.165) is 5.56 Å². The third kappa shape index (κ3) is 2.95. The summed E-state index contributed by atoms with van der Waals surface area (Å²) in [5.41, 5.74) is 2.82. The molecule has 0 saturated heterocycles. The highest BCUT2D eigenvalue weighted by atomic mass is 35.5. The molecule has 3 N–H and O–H groups in total. The smallest absolute Gasteiger partial charge is 0.331 e. The summed E-state index contributed by atoms with van der Waals surface area (Å²) in [4.78, 5) is 14.3. The number of nitrogens with one attached hydrogen (secondary N) is 1. The Morgan fingerprint density at radius 1 is 1.40 bits per heavy atom. The molecule has 1 heterocycles. The molecule has 2 rings (SSSR count). The van der Waals surface area contributed by atoms with E-state index in [1.54, 1.807) is 25.1 Å². The van der Waals surface area contributed by atoms with Crippen molar-refractivity contribution in [1.82, 2.24) is 4.98 Å². The van der Waals surface area contributed by atoms with Gasteiger partial charge in [0.15, 0.2) is 0 Å². The van der Waals surface area contributed by atoms with Crippen LogP contribution in [0.3, 0.4) is 0 Å². The molecular formula is C12H11ClN4O3. The molecule has 0 atom stereocenters. The van der Waals surface area contributed by atoms with Gasteiger partial charge < -0.3 is 10.2 Å². The number of halogens is 1. The third-order valence-electron chi connectivity index (χ3n) is 2.54. The fraction of sp³-hybridized carbons (Fsp3) is 0.0833. The van der Waals surface area contributed by atoms with Gasteiger partial charge >= 0.3 is 11.6 Å². The minimum Gasteiger partial charge on any atom is -0.433 e. The van der Waals surface area contributed by atoms with Crippen molar-refractivity contribution < 1.29 is 9.66 Å². The van der Waals surface area contributed by atoms with Gasteiger partial charge in [0.05, 0.1) is 4.92 Å². The van der Waals surface area contributed by atoms with Crippen LogP contribution in [0.2, 0.25) is 5.02 Å². The Bertz CT molecular complexity index is 663. The number of hydrogen-bond donors (Lipinski definition) is 2. The lowest BCUT2D eigenvalue weighted by Gasteiger charge is -2.09. The second-order valence-corrected chi connectivity index (χ2v) is 4.37. The Morgan fingerprint density at radius 2 is 2.15 bits per heavy atom. The van der Waals surface area contributed by atoms with Crippen LogP contribution in [0.25, 0.3) is 0 Å². The number of benzene rings is 1. The first-order valence-corrected chi connectivity index (χ1v) is 5.95. The number of nitrogens with two attached hydrogens (primary N) is 1. The quantitative estimate of drug-likeness (QED) is 0.510. The van der Waals surface area contributed by atoms with Gasteiger partial charge in [-0.05, 0) is 30.7 Å². The number of hydrogen-bond acceptors (Lipinski definition) is 6. The normalized spacial score (nSPS) is 10.2. The number of aryl methyl sites for hydroxylation is 1. The van der Waals surface area contributed by atoms with Crippen molar-refractivity contribution in [1.29, 1.82) is 0 Å². The molecule has 0 radical (unpaired) electrons. The van der Waals surface area contributed by atoms with Gasteiger partial charge in [-0.25, -0.2) is 5.84 Å². The molecule has 2 aromatic rings. The van der Waals surface area contributed by atoms with Crippen molar-refractivity contribution in [2.24, 2.45) is 5.84 Å². The van der Waals surface area contributed by atoms with Crippen molar-refractivity contribution in [3.63, 3.8) is 0 Å². The van der Waals surface area contributed by atoms with Crippen LogP contribution in [-0.4, -0.2) is 9.91 Å². The van der Waals surface area contributed by atoms with Gasteiger partial charge in [0.2, 0.25) is 0 Å². The number of hydrazine groups is 1. The van der Waals surface area contributed by atoms with Gasteiger partial charge in [-0.15, -0.1) is 0 Å². The summed E-state index contributed by atoms with van der Waals surface area (Å²) in [6, 6.07) is 7.65. The van der Waals surface area contributed by atoms with Crippen LogP contribution in [0, 0.1) is 17.0 Å². The number of nitrogens with zero attached hydrogens (tertiary/aromatic N) is 2. The first-order chi connectivity index (χ1) is 9.51. The molecule has 0 saturated carbocycles. The van der Waals surface area contributed by atoms with Crippen LogP contribution in [0.5, 0.6) is 11.6 Å². The molecule has 0 aliphatic heterocycles. The van der Waals surface area contributed by atoms with Gasteiger partial charge in [-0.1, -0.05) is 17.7 Å². The minimum absolute atomic E-state index is 0.157. The zero-order valence-electron chi connectivity index (χ0n) is 10.5. The summed E-state index contributed by atoms with van der Waals surface area (Å²) < 4.78 is 5.49. The molecule has 0 aliphatic carbocycles. The zero-order chi connectivity index (χ0) is 14.7. The summed E-state index contributed by atoms with van der Waals surface area (Å²) in [6.07, 6.45) is 0. The summed E-state index contributed by atoms with van der Waals surface area (Å²) in [7, 11) is 0. The van der Waals surface area contributed by atoms with E-state index in [2.05, 4.69) is 10.4 Å². The maximum Gasteiger partial charge on any atom is 0.331 e. The fourth-order valence-electron chi connectivity index (χ4n) is 1.52. The number of rotatable bonds is 4. The summed E-state index contributed by atoms with van der Waals surface area (Å²) in [5.74, 6) is 5.72. The van der Waals surface area contributed by atoms with Gasteiger partial charge in [0.25, 0.3) is 0 Å². The first kappa shape index (κ1) is 14.0. The number of nitro groups is 1. The SMILES string of the molecule is Cc1ccc(Cl)cc1Oc1nc(NN)ccc1[N+](=O)[O-]. The molecule has 8 heteroatoms. The van der Waals surface area contributed by atoms with Gasteiger partial charge in [-0.2, -0.15) is 4.98 Å². The number of nitrogen functional groups attached to an aromatic ring is 1. The maximum absolute atomic E-state index is 11.0. The third-order valence-corrected chi connectivity index (χ3v) is 2.78. The molecule has 0 unspecified atom stereocenters. The summed E-state index contributed by atoms with van der Waals surface area (Å²) >= 11 is 5.88. The molecule has 20 heavy (non-hydrogen) atoms. The average Bonchev–Trinajstić information content (AvgIpc) is 2.42. The molecule has 1 aromatic heterocycles. The van der Waals surface area contributed by atoms with Crippen LogP contribution in [0.1, 0.15) is 5.56 Å². The lowest BCUT2D eigenvalue weighted by molar-refractivity contribution is -0.386. The van der Waals surface area contributed by atoms with Crippen LogP contribution in [0.4, 0.5) is 11.5 Å². The highest BCUT2D eigenvalue weighted by molar-refractivity contribution is 6.30. The second kappa shape index (κ2) is 5.72. The summed E-state index contributed by atoms with van der Waals surface area (Å²) in [5, 5.41) is 11.4. The topological polar surface area (TPSA) is 103 Å². The van der Waals surface area contributed by atoms with E-state index >= 15 is 0 Å². The summed E-state index contributed by atoms with van der Waals surface area (Å²) in [6.45, 7) is 1.79. The standard InChI is InChI=1S/C12H11ClN4O3/c1-7-2-3-8(13)6-10(7)20-12-9(17(18)19)4-5-11(15-12)16-14/h2-6H,14H2,1H3,(H,15,16). The molecule has 0 aliphatic rings. The van der Waals surface area contributed by atoms with Gasteiger partial charge in [-0.3, -0.25) is 10.1 Å². The van der Waals surface area contributed by atoms with Crippen molar-refractivity contribution in [3.8, 4) is 11.6 Å². The van der Waals surface area contributed by atoms with E-state index < -0.39 is 4.92 Å². The van der Waals surface area contributed by atoms with Gasteiger partial charge in [0, 0.05) is 11.1 Å². The predicted octanol–water partition coefficient (Wildman–Crippen LogP) is 3.03. The second-order valence-electron chi connectivity index (χ2n) is 3.93. The van der Waals surface area contributed by atoms with E-state index in [0.29, 0.717) is 10.8 Å². The fourth-order valence-corrected chi connectivity index (χ4v) is 1.68. The molecule has 0 spiro atoms. The lowest BCUT2D eigenvalue weighted by Crippen LogP contribution is -2.09. The Morgan fingerprint density at radius 3 is 2.80 bits per heavy atom. The lowest BCUT2D eigenvalue weighted by atomic mass is 10.2. The van der Waals surface area contributed by atoms with E-state index in [1.165, 1.54) is 12.1 Å². The number of anilines is 1. The van der Waals surface area contributed by atoms with E-state index in [-0.39, 0.29) is 17.4 Å².